The normalized spacial score (nSPS) is 15.1. The minimum Gasteiger partial charge on any atom is -0.494 e. The fraction of sp³-hybridized carbons (Fsp3) is 0.321. The van der Waals surface area contributed by atoms with Gasteiger partial charge in [0.25, 0.3) is 0 Å². The fourth-order valence-electron chi connectivity index (χ4n) is 5.27. The first-order valence-corrected chi connectivity index (χ1v) is 13.0. The fourth-order valence-corrected chi connectivity index (χ4v) is 5.73. The molecule has 186 valence electrons. The second-order valence-corrected chi connectivity index (χ2v) is 10.1. The molecule has 2 aromatic carbocycles. The van der Waals surface area contributed by atoms with E-state index in [1.165, 1.54) is 50.1 Å². The number of fused-ring (bicyclic) bond motifs is 1. The molecule has 0 saturated heterocycles. The molecule has 1 saturated carbocycles. The summed E-state index contributed by atoms with van der Waals surface area (Å²) >= 11 is 12.4. The smallest absolute Gasteiger partial charge is 0.228 e. The Labute approximate surface area is 220 Å². The van der Waals surface area contributed by atoms with E-state index < -0.39 is 0 Å². The number of anilines is 1. The van der Waals surface area contributed by atoms with Crippen molar-refractivity contribution in [2.24, 2.45) is 5.92 Å². The highest BCUT2D eigenvalue weighted by atomic mass is 35.5. The molecule has 1 amide bonds. The third kappa shape index (κ3) is 5.06. The number of pyridine rings is 1. The van der Waals surface area contributed by atoms with Crippen LogP contribution in [-0.2, 0) is 11.2 Å². The number of hydrogen-bond donors (Lipinski definition) is 2. The van der Waals surface area contributed by atoms with Crippen LogP contribution in [0, 0.1) is 5.92 Å². The number of nitrogens with one attached hydrogen (secondary N) is 2. The summed E-state index contributed by atoms with van der Waals surface area (Å²) in [5.41, 5.74) is 3.94. The first-order chi connectivity index (χ1) is 17.5. The third-order valence-corrected chi connectivity index (χ3v) is 7.54. The van der Waals surface area contributed by atoms with Crippen LogP contribution in [-0.4, -0.2) is 28.0 Å². The van der Waals surface area contributed by atoms with Gasteiger partial charge in [0.1, 0.15) is 17.1 Å². The number of methoxy groups -OCH3 is 1. The van der Waals surface area contributed by atoms with Gasteiger partial charge in [-0.3, -0.25) is 9.78 Å². The van der Waals surface area contributed by atoms with Crippen LogP contribution in [0.15, 0.2) is 54.9 Å². The minimum atomic E-state index is -0.243. The lowest BCUT2D eigenvalue weighted by Gasteiger charge is -2.29. The molecule has 36 heavy (non-hydrogen) atoms. The lowest BCUT2D eigenvalue weighted by molar-refractivity contribution is -0.115. The van der Waals surface area contributed by atoms with Gasteiger partial charge in [0, 0.05) is 18.3 Å². The second-order valence-electron chi connectivity index (χ2n) is 9.26. The number of imidazole rings is 1. The van der Waals surface area contributed by atoms with Gasteiger partial charge in [0.05, 0.1) is 34.8 Å². The Balaban J connectivity index is 1.52. The maximum absolute atomic E-state index is 13.0. The second kappa shape index (κ2) is 10.9. The summed E-state index contributed by atoms with van der Waals surface area (Å²) in [6.45, 7) is 0. The van der Waals surface area contributed by atoms with Gasteiger partial charge in [-0.15, -0.1) is 0 Å². The van der Waals surface area contributed by atoms with Gasteiger partial charge in [-0.1, -0.05) is 78.9 Å². The molecule has 2 N–H and O–H groups in total. The topological polar surface area (TPSA) is 79.9 Å². The Morgan fingerprint density at radius 2 is 1.81 bits per heavy atom. The van der Waals surface area contributed by atoms with E-state index in [4.69, 9.17) is 32.9 Å². The molecule has 1 unspecified atom stereocenters. The average Bonchev–Trinajstić information content (AvgIpc) is 3.33. The van der Waals surface area contributed by atoms with Gasteiger partial charge in [-0.25, -0.2) is 4.98 Å². The summed E-state index contributed by atoms with van der Waals surface area (Å²) in [5, 5.41) is 3.39. The van der Waals surface area contributed by atoms with Crippen molar-refractivity contribution in [3.63, 3.8) is 0 Å². The predicted octanol–water partition coefficient (Wildman–Crippen LogP) is 7.17. The molecule has 2 heterocycles. The molecule has 2 aromatic heterocycles. The number of ether oxygens (including phenoxy) is 1. The maximum Gasteiger partial charge on any atom is 0.228 e. The molecule has 1 aliphatic carbocycles. The van der Waals surface area contributed by atoms with Crippen molar-refractivity contribution in [2.75, 3.05) is 12.4 Å². The summed E-state index contributed by atoms with van der Waals surface area (Å²) in [7, 11) is 1.64. The highest BCUT2D eigenvalue weighted by Crippen LogP contribution is 2.41. The number of aromatic nitrogens is 3. The Hall–Kier alpha value is -3.09. The van der Waals surface area contributed by atoms with Crippen LogP contribution in [0.1, 0.15) is 55.0 Å². The summed E-state index contributed by atoms with van der Waals surface area (Å²) in [5.74, 6) is 2.03. The summed E-state index contributed by atoms with van der Waals surface area (Å²) in [4.78, 5) is 25.6. The van der Waals surface area contributed by atoms with Crippen LogP contribution in [0.3, 0.4) is 0 Å². The molecule has 8 heteroatoms. The van der Waals surface area contributed by atoms with Gasteiger partial charge >= 0.3 is 0 Å². The number of benzene rings is 2. The van der Waals surface area contributed by atoms with Crippen molar-refractivity contribution in [1.29, 1.82) is 0 Å². The van der Waals surface area contributed by atoms with Crippen LogP contribution in [0.4, 0.5) is 5.69 Å². The van der Waals surface area contributed by atoms with Crippen molar-refractivity contribution < 1.29 is 9.53 Å². The zero-order valence-corrected chi connectivity index (χ0v) is 21.6. The van der Waals surface area contributed by atoms with Crippen LogP contribution in [0.2, 0.25) is 10.0 Å². The van der Waals surface area contributed by atoms with Gasteiger partial charge in [-0.2, -0.15) is 0 Å². The molecule has 0 spiro atoms. The molecule has 6 nitrogen and oxygen atoms in total. The van der Waals surface area contributed by atoms with Gasteiger partial charge in [0.2, 0.25) is 5.91 Å². The van der Waals surface area contributed by atoms with Crippen LogP contribution >= 0.6 is 23.2 Å². The SMILES string of the molecule is COc1ccc(CC(=O)Nc2c(Cl)cncc2Cl)c2nc(C(c3ccccc3)C3CCCCC3)[nH]c12. The molecule has 0 radical (unpaired) electrons. The molecule has 1 fully saturated rings. The lowest BCUT2D eigenvalue weighted by Crippen LogP contribution is -2.18. The highest BCUT2D eigenvalue weighted by Gasteiger charge is 2.30. The molecule has 1 atom stereocenters. The third-order valence-electron chi connectivity index (χ3n) is 6.97. The quantitative estimate of drug-likeness (QED) is 0.269. The molecular weight excluding hydrogens is 495 g/mol. The van der Waals surface area contributed by atoms with Crippen molar-refractivity contribution in [3.8, 4) is 5.75 Å². The summed E-state index contributed by atoms with van der Waals surface area (Å²) in [6.07, 6.45) is 9.13. The first-order valence-electron chi connectivity index (χ1n) is 12.2. The maximum atomic E-state index is 13.0. The van der Waals surface area contributed by atoms with E-state index in [2.05, 4.69) is 39.6 Å². The number of H-pyrrole nitrogens is 1. The lowest BCUT2D eigenvalue weighted by atomic mass is 9.76. The van der Waals surface area contributed by atoms with Crippen molar-refractivity contribution in [3.05, 3.63) is 81.9 Å². The van der Waals surface area contributed by atoms with E-state index in [1.807, 2.05) is 18.2 Å². The molecule has 5 rings (SSSR count). The van der Waals surface area contributed by atoms with Crippen molar-refractivity contribution >= 4 is 45.8 Å². The zero-order chi connectivity index (χ0) is 25.1. The number of carbonyl (C=O) groups is 1. The van der Waals surface area contributed by atoms with Gasteiger partial charge in [0.15, 0.2) is 0 Å². The first kappa shape index (κ1) is 24.6. The van der Waals surface area contributed by atoms with E-state index in [1.54, 1.807) is 7.11 Å². The minimum absolute atomic E-state index is 0.110. The van der Waals surface area contributed by atoms with E-state index in [-0.39, 0.29) is 28.3 Å². The monoisotopic (exact) mass is 522 g/mol. The Kier molecular flexibility index (Phi) is 7.44. The summed E-state index contributed by atoms with van der Waals surface area (Å²) < 4.78 is 5.65. The summed E-state index contributed by atoms with van der Waals surface area (Å²) in [6, 6.07) is 14.3. The van der Waals surface area contributed by atoms with Gasteiger partial charge in [-0.05, 0) is 36.0 Å². The Bertz CT molecular complexity index is 1350. The van der Waals surface area contributed by atoms with E-state index in [9.17, 15) is 4.79 Å². The number of halogens is 2. The number of carbonyl (C=O) groups excluding carboxylic acids is 1. The van der Waals surface area contributed by atoms with Crippen molar-refractivity contribution in [2.45, 2.75) is 44.4 Å². The van der Waals surface area contributed by atoms with Crippen LogP contribution in [0.25, 0.3) is 11.0 Å². The molecule has 0 aliphatic heterocycles. The van der Waals surface area contributed by atoms with Crippen molar-refractivity contribution in [1.82, 2.24) is 15.0 Å². The van der Waals surface area contributed by atoms with Crippen LogP contribution < -0.4 is 10.1 Å². The zero-order valence-electron chi connectivity index (χ0n) is 20.1. The van der Waals surface area contributed by atoms with E-state index >= 15 is 0 Å². The number of amides is 1. The molecule has 4 aromatic rings. The molecule has 0 bridgehead atoms. The molecule has 1 aliphatic rings. The van der Waals surface area contributed by atoms with Gasteiger partial charge < -0.3 is 15.0 Å². The van der Waals surface area contributed by atoms with E-state index in [0.717, 1.165) is 22.4 Å². The predicted molar refractivity (Wildman–Crippen MR) is 144 cm³/mol. The standard InChI is InChI=1S/C28H28Cl2N4O2/c1-36-22-13-12-19(14-23(35)32-26-20(29)15-31-16-21(26)30)25-27(22)34-28(33-25)24(17-8-4-2-5-9-17)18-10-6-3-7-11-18/h2,4-5,8-9,12-13,15-16,18,24H,3,6-7,10-11,14H2,1H3,(H,33,34)(H,31,32,35). The Morgan fingerprint density at radius 1 is 1.08 bits per heavy atom. The largest absolute Gasteiger partial charge is 0.494 e. The average molecular weight is 523 g/mol. The number of nitrogens with zero attached hydrogens (tertiary/aromatic N) is 2. The molecular formula is C28H28Cl2N4O2. The Morgan fingerprint density at radius 3 is 2.50 bits per heavy atom. The van der Waals surface area contributed by atoms with E-state index in [0.29, 0.717) is 17.4 Å². The number of hydrogen-bond acceptors (Lipinski definition) is 4. The number of rotatable bonds is 7. The number of aromatic amines is 1. The highest BCUT2D eigenvalue weighted by molar-refractivity contribution is 6.39. The van der Waals surface area contributed by atoms with Crippen LogP contribution in [0.5, 0.6) is 5.75 Å².